The summed E-state index contributed by atoms with van der Waals surface area (Å²) in [6, 6.07) is 8.56. The Balaban J connectivity index is 2.22. The fourth-order valence-electron chi connectivity index (χ4n) is 2.71. The molecule has 1 N–H and O–H groups in total. The van der Waals surface area contributed by atoms with Gasteiger partial charge in [-0.15, -0.1) is 0 Å². The summed E-state index contributed by atoms with van der Waals surface area (Å²) in [7, 11) is 0. The second-order valence-corrected chi connectivity index (χ2v) is 6.18. The molecule has 1 aliphatic carbocycles. The maximum Gasteiger partial charge on any atom is 0.0924 e. The van der Waals surface area contributed by atoms with Crippen LogP contribution in [0.3, 0.4) is 0 Å². The molecule has 0 aromatic heterocycles. The van der Waals surface area contributed by atoms with E-state index in [-0.39, 0.29) is 0 Å². The van der Waals surface area contributed by atoms with Gasteiger partial charge in [0.1, 0.15) is 0 Å². The van der Waals surface area contributed by atoms with Crippen molar-refractivity contribution < 1.29 is 5.11 Å². The first-order valence-electron chi connectivity index (χ1n) is 7.38. The van der Waals surface area contributed by atoms with Crippen LogP contribution in [-0.2, 0) is 12.0 Å². The van der Waals surface area contributed by atoms with Gasteiger partial charge in [0.2, 0.25) is 0 Å². The molecule has 0 bridgehead atoms. The van der Waals surface area contributed by atoms with Gasteiger partial charge in [0, 0.05) is 0 Å². The lowest BCUT2D eigenvalue weighted by atomic mass is 9.82. The first kappa shape index (κ1) is 13.6. The smallest absolute Gasteiger partial charge is 0.0924 e. The van der Waals surface area contributed by atoms with Gasteiger partial charge >= 0.3 is 0 Å². The molecule has 0 aliphatic heterocycles. The highest BCUT2D eigenvalue weighted by atomic mass is 16.3. The molecule has 100 valence electrons. The van der Waals surface area contributed by atoms with Gasteiger partial charge in [-0.1, -0.05) is 45.0 Å². The number of benzene rings is 1. The van der Waals surface area contributed by atoms with E-state index in [2.05, 4.69) is 45.0 Å². The summed E-state index contributed by atoms with van der Waals surface area (Å²) in [4.78, 5) is 0. The van der Waals surface area contributed by atoms with E-state index in [9.17, 15) is 5.11 Å². The van der Waals surface area contributed by atoms with E-state index < -0.39 is 5.60 Å². The molecule has 0 heterocycles. The van der Waals surface area contributed by atoms with Crippen molar-refractivity contribution in [2.45, 2.75) is 58.5 Å². The lowest BCUT2D eigenvalue weighted by Gasteiger charge is -2.30. The highest BCUT2D eigenvalue weighted by molar-refractivity contribution is 5.30. The molecular weight excluding hydrogens is 220 g/mol. The fourth-order valence-corrected chi connectivity index (χ4v) is 2.71. The van der Waals surface area contributed by atoms with Gasteiger partial charge in [-0.2, -0.15) is 0 Å². The average Bonchev–Trinajstić information content (AvgIpc) is 3.20. The van der Waals surface area contributed by atoms with Crippen molar-refractivity contribution in [2.75, 3.05) is 0 Å². The van der Waals surface area contributed by atoms with Crippen molar-refractivity contribution in [3.05, 3.63) is 35.4 Å². The van der Waals surface area contributed by atoms with Gasteiger partial charge < -0.3 is 5.11 Å². The summed E-state index contributed by atoms with van der Waals surface area (Å²) in [6.07, 6.45) is 5.42. The molecule has 1 atom stereocenters. The maximum absolute atomic E-state index is 11.1. The van der Waals surface area contributed by atoms with Crippen molar-refractivity contribution >= 4 is 0 Å². The van der Waals surface area contributed by atoms with E-state index in [4.69, 9.17) is 0 Å². The zero-order valence-corrected chi connectivity index (χ0v) is 11.9. The van der Waals surface area contributed by atoms with E-state index in [1.807, 2.05) is 0 Å². The Morgan fingerprint density at radius 2 is 2.06 bits per heavy atom. The Morgan fingerprint density at radius 1 is 1.33 bits per heavy atom. The molecular formula is C17H26O. The Hall–Kier alpha value is -0.820. The second kappa shape index (κ2) is 5.44. The number of aliphatic hydroxyl groups is 1. The van der Waals surface area contributed by atoms with Crippen molar-refractivity contribution in [3.8, 4) is 0 Å². The van der Waals surface area contributed by atoms with Gasteiger partial charge in [0.15, 0.2) is 0 Å². The lowest BCUT2D eigenvalue weighted by Crippen LogP contribution is -2.29. The largest absolute Gasteiger partial charge is 0.385 e. The quantitative estimate of drug-likeness (QED) is 0.794. The van der Waals surface area contributed by atoms with Crippen LogP contribution in [0.2, 0.25) is 0 Å². The standard InChI is InChI=1S/C17H26O/c1-4-14-6-5-7-16(12-14)17(18,15-8-9-15)11-10-13(2)3/h5-7,12-13,15,18H,4,8-11H2,1-3H3. The van der Waals surface area contributed by atoms with Crippen molar-refractivity contribution in [1.29, 1.82) is 0 Å². The zero-order valence-electron chi connectivity index (χ0n) is 11.9. The molecule has 1 aliphatic rings. The SMILES string of the molecule is CCc1cccc(C(O)(CCC(C)C)C2CC2)c1. The molecule has 1 nitrogen and oxygen atoms in total. The predicted octanol–water partition coefficient (Wildman–Crippen LogP) is 4.28. The number of hydrogen-bond acceptors (Lipinski definition) is 1. The molecule has 18 heavy (non-hydrogen) atoms. The highest BCUT2D eigenvalue weighted by Gasteiger charge is 2.44. The van der Waals surface area contributed by atoms with Crippen LogP contribution in [0.25, 0.3) is 0 Å². The lowest BCUT2D eigenvalue weighted by molar-refractivity contribution is -0.000798. The Bertz CT molecular complexity index is 392. The maximum atomic E-state index is 11.1. The number of hydrogen-bond donors (Lipinski definition) is 1. The molecule has 1 saturated carbocycles. The molecule has 1 heteroatoms. The van der Waals surface area contributed by atoms with Gasteiger partial charge in [-0.3, -0.25) is 0 Å². The van der Waals surface area contributed by atoms with Gasteiger partial charge in [-0.25, -0.2) is 0 Å². The molecule has 1 unspecified atom stereocenters. The van der Waals surface area contributed by atoms with Crippen molar-refractivity contribution in [3.63, 3.8) is 0 Å². The minimum absolute atomic E-state index is 0.489. The summed E-state index contributed by atoms with van der Waals surface area (Å²) in [5.74, 6) is 1.15. The third-order valence-electron chi connectivity index (χ3n) is 4.19. The summed E-state index contributed by atoms with van der Waals surface area (Å²) < 4.78 is 0. The van der Waals surface area contributed by atoms with Crippen LogP contribution >= 0.6 is 0 Å². The van der Waals surface area contributed by atoms with Crippen molar-refractivity contribution in [2.24, 2.45) is 11.8 Å². The van der Waals surface area contributed by atoms with Crippen molar-refractivity contribution in [1.82, 2.24) is 0 Å². The van der Waals surface area contributed by atoms with Crippen LogP contribution in [0, 0.1) is 11.8 Å². The van der Waals surface area contributed by atoms with Crippen LogP contribution in [0.1, 0.15) is 57.6 Å². The summed E-state index contributed by atoms with van der Waals surface area (Å²) in [5.41, 5.74) is 1.90. The van der Waals surface area contributed by atoms with Gasteiger partial charge in [-0.05, 0) is 55.1 Å². The zero-order chi connectivity index (χ0) is 13.2. The van der Waals surface area contributed by atoms with E-state index in [1.54, 1.807) is 0 Å². The van der Waals surface area contributed by atoms with E-state index in [1.165, 1.54) is 18.4 Å². The molecule has 0 radical (unpaired) electrons. The second-order valence-electron chi connectivity index (χ2n) is 6.18. The number of rotatable bonds is 6. The van der Waals surface area contributed by atoms with Crippen LogP contribution in [0.5, 0.6) is 0 Å². The Labute approximate surface area is 111 Å². The normalized spacial score (nSPS) is 18.9. The molecule has 0 spiro atoms. The minimum Gasteiger partial charge on any atom is -0.385 e. The highest BCUT2D eigenvalue weighted by Crippen LogP contribution is 2.48. The van der Waals surface area contributed by atoms with E-state index in [0.29, 0.717) is 11.8 Å². The molecule has 0 amide bonds. The van der Waals surface area contributed by atoms with Gasteiger partial charge in [0.05, 0.1) is 5.60 Å². The third kappa shape index (κ3) is 2.95. The van der Waals surface area contributed by atoms with Gasteiger partial charge in [0.25, 0.3) is 0 Å². The molecule has 0 saturated heterocycles. The monoisotopic (exact) mass is 246 g/mol. The third-order valence-corrected chi connectivity index (χ3v) is 4.19. The minimum atomic E-state index is -0.574. The van der Waals surface area contributed by atoms with Crippen LogP contribution < -0.4 is 0 Å². The Kier molecular flexibility index (Phi) is 4.11. The van der Waals surface area contributed by atoms with Crippen LogP contribution in [-0.4, -0.2) is 5.11 Å². The summed E-state index contributed by atoms with van der Waals surface area (Å²) in [5, 5.41) is 11.1. The predicted molar refractivity (Wildman–Crippen MR) is 76.5 cm³/mol. The van der Waals surface area contributed by atoms with E-state index in [0.717, 1.165) is 24.8 Å². The molecule has 1 aromatic rings. The molecule has 1 fully saturated rings. The molecule has 2 rings (SSSR count). The van der Waals surface area contributed by atoms with E-state index >= 15 is 0 Å². The van der Waals surface area contributed by atoms with Crippen LogP contribution in [0.15, 0.2) is 24.3 Å². The fraction of sp³-hybridized carbons (Fsp3) is 0.647. The Morgan fingerprint density at radius 3 is 2.61 bits per heavy atom. The summed E-state index contributed by atoms with van der Waals surface area (Å²) in [6.45, 7) is 6.63. The first-order chi connectivity index (χ1) is 8.56. The first-order valence-corrected chi connectivity index (χ1v) is 7.38. The average molecular weight is 246 g/mol. The summed E-state index contributed by atoms with van der Waals surface area (Å²) >= 11 is 0. The number of aryl methyl sites for hydroxylation is 1. The topological polar surface area (TPSA) is 20.2 Å². The van der Waals surface area contributed by atoms with Crippen LogP contribution in [0.4, 0.5) is 0 Å². The molecule has 1 aromatic carbocycles.